The molecule has 1 N–H and O–H groups in total. The second-order valence-electron chi connectivity index (χ2n) is 6.32. The Bertz CT molecular complexity index is 435. The van der Waals surface area contributed by atoms with Crippen molar-refractivity contribution in [2.24, 2.45) is 5.92 Å². The molecule has 1 fully saturated rings. The zero-order valence-electron chi connectivity index (χ0n) is 13.6. The first-order valence-corrected chi connectivity index (χ1v) is 8.35. The van der Waals surface area contributed by atoms with Gasteiger partial charge < -0.3 is 10.2 Å². The summed E-state index contributed by atoms with van der Waals surface area (Å²) in [6.07, 6.45) is 3.59. The van der Waals surface area contributed by atoms with Gasteiger partial charge in [0.05, 0.1) is 0 Å². The van der Waals surface area contributed by atoms with Gasteiger partial charge in [-0.05, 0) is 51.3 Å². The van der Waals surface area contributed by atoms with Crippen LogP contribution in [0.5, 0.6) is 0 Å². The van der Waals surface area contributed by atoms with E-state index in [-0.39, 0.29) is 11.9 Å². The SMILES string of the molecule is CCNC(CCN1CCCC(C)C1C)c1ccccc1F. The van der Waals surface area contributed by atoms with Gasteiger partial charge in [0.1, 0.15) is 5.82 Å². The molecule has 0 bridgehead atoms. The molecular formula is C18H29FN2. The van der Waals surface area contributed by atoms with Gasteiger partial charge in [-0.15, -0.1) is 0 Å². The standard InChI is InChI=1S/C18H29FN2/c1-4-20-18(16-9-5-6-10-17(16)19)11-13-21-12-7-8-14(2)15(21)3/h5-6,9-10,14-15,18,20H,4,7-8,11-13H2,1-3H3. The number of piperidine rings is 1. The van der Waals surface area contributed by atoms with Crippen LogP contribution in [0.15, 0.2) is 24.3 Å². The topological polar surface area (TPSA) is 15.3 Å². The summed E-state index contributed by atoms with van der Waals surface area (Å²) in [6.45, 7) is 9.84. The molecule has 2 rings (SSSR count). The molecule has 0 amide bonds. The number of hydrogen-bond donors (Lipinski definition) is 1. The molecule has 0 aromatic heterocycles. The molecular weight excluding hydrogens is 263 g/mol. The highest BCUT2D eigenvalue weighted by molar-refractivity contribution is 5.21. The van der Waals surface area contributed by atoms with Crippen LogP contribution in [-0.4, -0.2) is 30.6 Å². The van der Waals surface area contributed by atoms with Crippen LogP contribution in [0.4, 0.5) is 4.39 Å². The van der Waals surface area contributed by atoms with Gasteiger partial charge >= 0.3 is 0 Å². The molecule has 3 atom stereocenters. The van der Waals surface area contributed by atoms with Crippen LogP contribution in [-0.2, 0) is 0 Å². The number of halogens is 1. The third-order valence-corrected chi connectivity index (χ3v) is 4.94. The van der Waals surface area contributed by atoms with E-state index >= 15 is 0 Å². The van der Waals surface area contributed by atoms with E-state index in [1.807, 2.05) is 12.1 Å². The van der Waals surface area contributed by atoms with Gasteiger partial charge in [0, 0.05) is 24.2 Å². The van der Waals surface area contributed by atoms with E-state index in [1.54, 1.807) is 12.1 Å². The van der Waals surface area contributed by atoms with Gasteiger partial charge in [-0.25, -0.2) is 4.39 Å². The molecule has 0 saturated carbocycles. The molecule has 21 heavy (non-hydrogen) atoms. The van der Waals surface area contributed by atoms with Crippen LogP contribution < -0.4 is 5.32 Å². The molecule has 1 aliphatic heterocycles. The molecule has 1 saturated heterocycles. The lowest BCUT2D eigenvalue weighted by atomic mass is 9.91. The third-order valence-electron chi connectivity index (χ3n) is 4.94. The van der Waals surface area contributed by atoms with E-state index in [9.17, 15) is 4.39 Å². The number of nitrogens with one attached hydrogen (secondary N) is 1. The van der Waals surface area contributed by atoms with E-state index < -0.39 is 0 Å². The second-order valence-corrected chi connectivity index (χ2v) is 6.32. The molecule has 0 spiro atoms. The first-order chi connectivity index (χ1) is 10.1. The summed E-state index contributed by atoms with van der Waals surface area (Å²) in [5, 5.41) is 3.44. The maximum atomic E-state index is 14.0. The van der Waals surface area contributed by atoms with Gasteiger partial charge in [-0.3, -0.25) is 0 Å². The molecule has 0 radical (unpaired) electrons. The number of rotatable bonds is 6. The average Bonchev–Trinajstić information content (AvgIpc) is 2.48. The van der Waals surface area contributed by atoms with Crippen molar-refractivity contribution >= 4 is 0 Å². The number of hydrogen-bond acceptors (Lipinski definition) is 2. The average molecular weight is 292 g/mol. The Kier molecular flexibility index (Phi) is 6.19. The number of likely N-dealkylation sites (tertiary alicyclic amines) is 1. The van der Waals surface area contributed by atoms with Crippen LogP contribution >= 0.6 is 0 Å². The van der Waals surface area contributed by atoms with Crippen LogP contribution in [0.2, 0.25) is 0 Å². The van der Waals surface area contributed by atoms with E-state index in [0.29, 0.717) is 6.04 Å². The fourth-order valence-corrected chi connectivity index (χ4v) is 3.40. The summed E-state index contributed by atoms with van der Waals surface area (Å²) in [5.41, 5.74) is 0.803. The summed E-state index contributed by atoms with van der Waals surface area (Å²) in [4.78, 5) is 2.57. The highest BCUT2D eigenvalue weighted by atomic mass is 19.1. The zero-order chi connectivity index (χ0) is 15.2. The molecule has 3 heteroatoms. The normalized spacial score (nSPS) is 25.0. The van der Waals surface area contributed by atoms with Crippen molar-refractivity contribution in [3.63, 3.8) is 0 Å². The third kappa shape index (κ3) is 4.27. The minimum absolute atomic E-state index is 0.0940. The Morgan fingerprint density at radius 3 is 2.81 bits per heavy atom. The monoisotopic (exact) mass is 292 g/mol. The fraction of sp³-hybridized carbons (Fsp3) is 0.667. The molecule has 1 aliphatic rings. The fourth-order valence-electron chi connectivity index (χ4n) is 3.40. The summed E-state index contributed by atoms with van der Waals surface area (Å²) in [6, 6.07) is 7.91. The molecule has 3 unspecified atom stereocenters. The van der Waals surface area contributed by atoms with Gasteiger partial charge in [0.25, 0.3) is 0 Å². The number of nitrogens with zero attached hydrogens (tertiary/aromatic N) is 1. The largest absolute Gasteiger partial charge is 0.310 e. The Labute approximate surface area is 128 Å². The molecule has 1 aromatic rings. The predicted molar refractivity (Wildman–Crippen MR) is 86.9 cm³/mol. The lowest BCUT2D eigenvalue weighted by Crippen LogP contribution is -2.43. The highest BCUT2D eigenvalue weighted by Gasteiger charge is 2.25. The van der Waals surface area contributed by atoms with Gasteiger partial charge in [0.15, 0.2) is 0 Å². The van der Waals surface area contributed by atoms with Gasteiger partial charge in [0.2, 0.25) is 0 Å². The first kappa shape index (κ1) is 16.4. The van der Waals surface area contributed by atoms with Crippen LogP contribution in [0.3, 0.4) is 0 Å². The van der Waals surface area contributed by atoms with Crippen molar-refractivity contribution in [1.82, 2.24) is 10.2 Å². The maximum absolute atomic E-state index is 14.0. The minimum Gasteiger partial charge on any atom is -0.310 e. The Hall–Kier alpha value is -0.930. The summed E-state index contributed by atoms with van der Waals surface area (Å²) in [5.74, 6) is 0.674. The molecule has 2 nitrogen and oxygen atoms in total. The molecule has 0 aliphatic carbocycles. The van der Waals surface area contributed by atoms with Crippen molar-refractivity contribution in [2.45, 2.75) is 52.1 Å². The summed E-state index contributed by atoms with van der Waals surface area (Å²) in [7, 11) is 0. The lowest BCUT2D eigenvalue weighted by Gasteiger charge is -2.38. The molecule has 1 heterocycles. The van der Waals surface area contributed by atoms with E-state index in [2.05, 4.69) is 31.0 Å². The maximum Gasteiger partial charge on any atom is 0.127 e. The van der Waals surface area contributed by atoms with E-state index in [1.165, 1.54) is 19.4 Å². The highest BCUT2D eigenvalue weighted by Crippen LogP contribution is 2.25. The van der Waals surface area contributed by atoms with E-state index in [4.69, 9.17) is 0 Å². The number of benzene rings is 1. The lowest BCUT2D eigenvalue weighted by molar-refractivity contribution is 0.108. The van der Waals surface area contributed by atoms with E-state index in [0.717, 1.165) is 31.0 Å². The quantitative estimate of drug-likeness (QED) is 0.853. The van der Waals surface area contributed by atoms with Crippen molar-refractivity contribution < 1.29 is 4.39 Å². The van der Waals surface area contributed by atoms with Crippen molar-refractivity contribution in [3.05, 3.63) is 35.6 Å². The smallest absolute Gasteiger partial charge is 0.127 e. The predicted octanol–water partition coefficient (Wildman–Crippen LogP) is 3.99. The first-order valence-electron chi connectivity index (χ1n) is 8.35. The van der Waals surface area contributed by atoms with Crippen molar-refractivity contribution in [2.75, 3.05) is 19.6 Å². The van der Waals surface area contributed by atoms with Crippen molar-refractivity contribution in [3.8, 4) is 0 Å². The van der Waals surface area contributed by atoms with Crippen LogP contribution in [0, 0.1) is 11.7 Å². The van der Waals surface area contributed by atoms with Crippen LogP contribution in [0.25, 0.3) is 0 Å². The van der Waals surface area contributed by atoms with Gasteiger partial charge in [-0.2, -0.15) is 0 Å². The van der Waals surface area contributed by atoms with Crippen LogP contribution in [0.1, 0.15) is 51.6 Å². The zero-order valence-corrected chi connectivity index (χ0v) is 13.6. The second kappa shape index (κ2) is 7.90. The van der Waals surface area contributed by atoms with Gasteiger partial charge in [-0.1, -0.05) is 32.0 Å². The Morgan fingerprint density at radius 1 is 1.33 bits per heavy atom. The Morgan fingerprint density at radius 2 is 2.10 bits per heavy atom. The minimum atomic E-state index is -0.0940. The molecule has 1 aromatic carbocycles. The van der Waals surface area contributed by atoms with Crippen molar-refractivity contribution in [1.29, 1.82) is 0 Å². The Balaban J connectivity index is 1.99. The summed E-state index contributed by atoms with van der Waals surface area (Å²) < 4.78 is 14.0. The summed E-state index contributed by atoms with van der Waals surface area (Å²) >= 11 is 0. The molecule has 118 valence electrons.